The number of hydrogen-bond donors (Lipinski definition) is 6. The van der Waals surface area contributed by atoms with Crippen molar-refractivity contribution in [2.75, 3.05) is 26.2 Å². The summed E-state index contributed by atoms with van der Waals surface area (Å²) in [5.41, 5.74) is 3.54. The summed E-state index contributed by atoms with van der Waals surface area (Å²) in [7, 11) is -2.43. The number of carbonyl (C=O) groups excluding carboxylic acids is 1. The second-order valence-electron chi connectivity index (χ2n) is 10.3. The second-order valence-corrected chi connectivity index (χ2v) is 12.0. The summed E-state index contributed by atoms with van der Waals surface area (Å²) < 4.78 is 29.9. The normalized spacial score (nSPS) is 14.6. The minimum Gasteiger partial charge on any atom is -0.480 e. The predicted octanol–water partition coefficient (Wildman–Crippen LogP) is 1.40. The van der Waals surface area contributed by atoms with Crippen LogP contribution in [-0.4, -0.2) is 73.7 Å². The smallest absolute Gasteiger partial charge is 0.323 e. The molecule has 0 bridgehead atoms. The molecule has 0 radical (unpaired) electrons. The first-order chi connectivity index (χ1) is 20.7. The van der Waals surface area contributed by atoms with Crippen LogP contribution in [0.3, 0.4) is 0 Å². The quantitative estimate of drug-likeness (QED) is 0.124. The molecule has 1 aliphatic rings. The van der Waals surface area contributed by atoms with E-state index >= 15 is 0 Å². The Morgan fingerprint density at radius 1 is 1.00 bits per heavy atom. The SMILES string of the molecule is Cn1nc(CCCNC2NCCN2)c2cccc(C(=O)NCC(NS(=O)(=O)c3ccc(-c4ccccc4)cc3)C(=O)O)c21. The number of aryl methyl sites for hydroxylation is 2. The van der Waals surface area contributed by atoms with E-state index in [0.717, 1.165) is 48.3 Å². The summed E-state index contributed by atoms with van der Waals surface area (Å²) in [6, 6.07) is 19.3. The van der Waals surface area contributed by atoms with Crippen LogP contribution in [0, 0.1) is 0 Å². The minimum atomic E-state index is -4.18. The van der Waals surface area contributed by atoms with E-state index in [-0.39, 0.29) is 11.2 Å². The highest BCUT2D eigenvalue weighted by Gasteiger charge is 2.27. The van der Waals surface area contributed by atoms with Crippen molar-refractivity contribution in [3.05, 3.63) is 84.1 Å². The van der Waals surface area contributed by atoms with E-state index in [1.54, 1.807) is 36.0 Å². The highest BCUT2D eigenvalue weighted by Crippen LogP contribution is 2.23. The molecule has 1 aromatic heterocycles. The molecule has 226 valence electrons. The van der Waals surface area contributed by atoms with Crippen molar-refractivity contribution in [2.45, 2.75) is 30.1 Å². The maximum Gasteiger partial charge on any atom is 0.323 e. The molecule has 13 heteroatoms. The standard InChI is InChI=1S/C30H35N7O5S/c1-37-27-23(25(35-37)11-6-16-31-30-32-17-18-33-30)9-5-10-24(27)28(38)34-19-26(29(39)40)36-43(41,42)22-14-12-21(13-15-22)20-7-3-2-4-8-20/h2-5,7-10,12-15,26,30-33,36H,6,11,16-19H2,1H3,(H,34,38)(H,39,40). The molecule has 1 aliphatic heterocycles. The first-order valence-corrected chi connectivity index (χ1v) is 15.5. The van der Waals surface area contributed by atoms with Gasteiger partial charge in [-0.25, -0.2) is 8.42 Å². The first-order valence-electron chi connectivity index (χ1n) is 14.1. The van der Waals surface area contributed by atoms with E-state index in [0.29, 0.717) is 17.5 Å². The Morgan fingerprint density at radius 2 is 1.70 bits per heavy atom. The van der Waals surface area contributed by atoms with Crippen molar-refractivity contribution in [2.24, 2.45) is 7.05 Å². The molecule has 1 amide bonds. The molecule has 1 saturated heterocycles. The van der Waals surface area contributed by atoms with Crippen LogP contribution in [0.5, 0.6) is 0 Å². The lowest BCUT2D eigenvalue weighted by molar-refractivity contribution is -0.138. The van der Waals surface area contributed by atoms with Gasteiger partial charge in [0, 0.05) is 32.1 Å². The van der Waals surface area contributed by atoms with Crippen LogP contribution in [0.1, 0.15) is 22.5 Å². The highest BCUT2D eigenvalue weighted by molar-refractivity contribution is 7.89. The molecule has 1 fully saturated rings. The highest BCUT2D eigenvalue weighted by atomic mass is 32.2. The number of nitrogens with one attached hydrogen (secondary N) is 5. The number of fused-ring (bicyclic) bond motifs is 1. The Bertz CT molecular complexity index is 1690. The monoisotopic (exact) mass is 605 g/mol. The van der Waals surface area contributed by atoms with Crippen molar-refractivity contribution < 1.29 is 23.1 Å². The molecule has 0 spiro atoms. The Hall–Kier alpha value is -4.14. The van der Waals surface area contributed by atoms with Crippen LogP contribution in [0.15, 0.2) is 77.7 Å². The van der Waals surface area contributed by atoms with Crippen molar-refractivity contribution in [3.8, 4) is 11.1 Å². The van der Waals surface area contributed by atoms with Crippen molar-refractivity contribution in [1.29, 1.82) is 0 Å². The van der Waals surface area contributed by atoms with E-state index < -0.39 is 34.5 Å². The molecule has 6 N–H and O–H groups in total. The third-order valence-corrected chi connectivity index (χ3v) is 8.77. The first kappa shape index (κ1) is 30.3. The Balaban J connectivity index is 1.23. The summed E-state index contributed by atoms with van der Waals surface area (Å²) in [4.78, 5) is 25.1. The van der Waals surface area contributed by atoms with Gasteiger partial charge in [-0.3, -0.25) is 30.2 Å². The number of benzene rings is 3. The number of sulfonamides is 1. The maximum absolute atomic E-state index is 13.2. The third-order valence-electron chi connectivity index (χ3n) is 7.28. The lowest BCUT2D eigenvalue weighted by Crippen LogP contribution is -2.48. The minimum absolute atomic E-state index is 0.0806. The van der Waals surface area contributed by atoms with Crippen LogP contribution in [0.4, 0.5) is 0 Å². The zero-order valence-electron chi connectivity index (χ0n) is 23.7. The number of carboxylic acids is 1. The number of aliphatic carboxylic acids is 1. The fourth-order valence-electron chi connectivity index (χ4n) is 5.11. The molecule has 5 rings (SSSR count). The van der Waals surface area contributed by atoms with Gasteiger partial charge in [0.25, 0.3) is 5.91 Å². The van der Waals surface area contributed by atoms with Gasteiger partial charge in [-0.15, -0.1) is 0 Å². The van der Waals surface area contributed by atoms with Crippen LogP contribution in [-0.2, 0) is 28.3 Å². The molecule has 0 saturated carbocycles. The van der Waals surface area contributed by atoms with Crippen LogP contribution >= 0.6 is 0 Å². The van der Waals surface area contributed by atoms with Gasteiger partial charge in [-0.05, 0) is 48.7 Å². The lowest BCUT2D eigenvalue weighted by Gasteiger charge is -2.16. The summed E-state index contributed by atoms with van der Waals surface area (Å²) in [6.07, 6.45) is 1.66. The van der Waals surface area contributed by atoms with Gasteiger partial charge in [0.1, 0.15) is 12.3 Å². The average molecular weight is 606 g/mol. The molecular weight excluding hydrogens is 570 g/mol. The van der Waals surface area contributed by atoms with Gasteiger partial charge >= 0.3 is 5.97 Å². The Kier molecular flexibility index (Phi) is 9.48. The van der Waals surface area contributed by atoms with Crippen LogP contribution in [0.25, 0.3) is 22.0 Å². The van der Waals surface area contributed by atoms with E-state index in [1.807, 2.05) is 36.4 Å². The summed E-state index contributed by atoms with van der Waals surface area (Å²) in [5.74, 6) is -1.94. The molecule has 43 heavy (non-hydrogen) atoms. The third kappa shape index (κ3) is 7.27. The van der Waals surface area contributed by atoms with Gasteiger partial charge in [0.15, 0.2) is 0 Å². The molecule has 0 aliphatic carbocycles. The van der Waals surface area contributed by atoms with Crippen molar-refractivity contribution in [1.82, 2.24) is 35.8 Å². The van der Waals surface area contributed by atoms with Crippen molar-refractivity contribution >= 4 is 32.8 Å². The van der Waals surface area contributed by atoms with Gasteiger partial charge in [0.2, 0.25) is 10.0 Å². The molecule has 1 unspecified atom stereocenters. The van der Waals surface area contributed by atoms with E-state index in [4.69, 9.17) is 0 Å². The predicted molar refractivity (Wildman–Crippen MR) is 163 cm³/mol. The average Bonchev–Trinajstić information content (AvgIpc) is 3.65. The lowest BCUT2D eigenvalue weighted by atomic mass is 10.1. The Morgan fingerprint density at radius 3 is 2.40 bits per heavy atom. The van der Waals surface area contributed by atoms with Gasteiger partial charge in [-0.1, -0.05) is 54.6 Å². The zero-order valence-corrected chi connectivity index (χ0v) is 24.5. The second kappa shape index (κ2) is 13.4. The van der Waals surface area contributed by atoms with E-state index in [1.165, 1.54) is 12.1 Å². The van der Waals surface area contributed by atoms with Gasteiger partial charge in [0.05, 0.1) is 21.7 Å². The van der Waals surface area contributed by atoms with Crippen LogP contribution in [0.2, 0.25) is 0 Å². The van der Waals surface area contributed by atoms with Crippen molar-refractivity contribution in [3.63, 3.8) is 0 Å². The summed E-state index contributed by atoms with van der Waals surface area (Å²) in [6.45, 7) is 2.18. The van der Waals surface area contributed by atoms with E-state index in [2.05, 4.69) is 31.1 Å². The van der Waals surface area contributed by atoms with E-state index in [9.17, 15) is 23.1 Å². The number of nitrogens with zero attached hydrogens (tertiary/aromatic N) is 2. The molecule has 3 aromatic carbocycles. The number of amides is 1. The number of para-hydroxylation sites is 1. The number of carbonyl (C=O) groups is 2. The summed E-state index contributed by atoms with van der Waals surface area (Å²) >= 11 is 0. The van der Waals surface area contributed by atoms with Gasteiger partial charge < -0.3 is 10.4 Å². The largest absolute Gasteiger partial charge is 0.480 e. The fraction of sp³-hybridized carbons (Fsp3) is 0.300. The topological polar surface area (TPSA) is 166 Å². The molecule has 12 nitrogen and oxygen atoms in total. The number of aromatic nitrogens is 2. The zero-order chi connectivity index (χ0) is 30.4. The number of rotatable bonds is 13. The number of hydrogen-bond acceptors (Lipinski definition) is 8. The molecule has 2 heterocycles. The Labute approximate surface area is 249 Å². The van der Waals surface area contributed by atoms with Crippen LogP contribution < -0.4 is 26.0 Å². The molecule has 1 atom stereocenters. The fourth-order valence-corrected chi connectivity index (χ4v) is 6.30. The number of carboxylic acid groups (broad SMARTS) is 1. The summed E-state index contributed by atoms with van der Waals surface area (Å²) in [5, 5.41) is 27.8. The van der Waals surface area contributed by atoms with Gasteiger partial charge in [-0.2, -0.15) is 9.82 Å². The molecular formula is C30H35N7O5S. The maximum atomic E-state index is 13.2. The molecule has 4 aromatic rings.